The van der Waals surface area contributed by atoms with Gasteiger partial charge in [-0.15, -0.1) is 23.7 Å². The number of nitrogens with zero attached hydrogens (tertiary/aromatic N) is 2. The molecule has 0 saturated carbocycles. The lowest BCUT2D eigenvalue weighted by atomic mass is 10.2. The van der Waals surface area contributed by atoms with Gasteiger partial charge in [-0.2, -0.15) is 0 Å². The minimum atomic E-state index is 0.232. The van der Waals surface area contributed by atoms with E-state index < -0.39 is 0 Å². The number of terminal acetylenes is 1. The van der Waals surface area contributed by atoms with E-state index >= 15 is 0 Å². The highest BCUT2D eigenvalue weighted by molar-refractivity contribution is 7.17. The third-order valence-corrected chi connectivity index (χ3v) is 2.96. The molecule has 15 heavy (non-hydrogen) atoms. The first-order valence-corrected chi connectivity index (χ1v) is 5.57. The molecule has 0 amide bonds. The summed E-state index contributed by atoms with van der Waals surface area (Å²) < 4.78 is 1.08. The molecular formula is C11H11N3S. The maximum absolute atomic E-state index is 5.26. The normalized spacial score (nSPS) is 12.3. The lowest BCUT2D eigenvalue weighted by molar-refractivity contribution is 0.823. The molecule has 1 unspecified atom stereocenters. The van der Waals surface area contributed by atoms with Crippen molar-refractivity contribution in [1.82, 2.24) is 9.97 Å². The van der Waals surface area contributed by atoms with Gasteiger partial charge in [-0.1, -0.05) is 0 Å². The van der Waals surface area contributed by atoms with E-state index in [1.807, 2.05) is 18.4 Å². The van der Waals surface area contributed by atoms with Crippen LogP contribution in [0, 0.1) is 12.3 Å². The average molecular weight is 217 g/mol. The summed E-state index contributed by atoms with van der Waals surface area (Å²) >= 11 is 1.63. The molecule has 0 aliphatic carbocycles. The van der Waals surface area contributed by atoms with Crippen LogP contribution >= 0.6 is 11.3 Å². The Kier molecular flexibility index (Phi) is 2.84. The number of anilines is 1. The van der Waals surface area contributed by atoms with Gasteiger partial charge in [-0.25, -0.2) is 9.97 Å². The van der Waals surface area contributed by atoms with Crippen LogP contribution in [0.4, 0.5) is 5.82 Å². The van der Waals surface area contributed by atoms with Crippen LogP contribution in [0.5, 0.6) is 0 Å². The summed E-state index contributed by atoms with van der Waals surface area (Å²) in [5.41, 5.74) is 0.977. The van der Waals surface area contributed by atoms with Crippen molar-refractivity contribution in [3.8, 4) is 12.3 Å². The number of thiophene rings is 1. The third-order valence-electron chi connectivity index (χ3n) is 2.05. The fourth-order valence-electron chi connectivity index (χ4n) is 1.35. The van der Waals surface area contributed by atoms with Crippen LogP contribution in [0.3, 0.4) is 0 Å². The second-order valence-electron chi connectivity index (χ2n) is 3.31. The molecule has 0 bridgehead atoms. The molecule has 4 heteroatoms. The van der Waals surface area contributed by atoms with Gasteiger partial charge in [-0.05, 0) is 18.4 Å². The molecule has 1 atom stereocenters. The monoisotopic (exact) mass is 217 g/mol. The molecule has 3 nitrogen and oxygen atoms in total. The summed E-state index contributed by atoms with van der Waals surface area (Å²) in [6.07, 6.45) is 7.52. The quantitative estimate of drug-likeness (QED) is 0.803. The van der Waals surface area contributed by atoms with E-state index in [0.717, 1.165) is 16.0 Å². The van der Waals surface area contributed by atoms with Crippen LogP contribution < -0.4 is 5.32 Å². The first-order chi connectivity index (χ1) is 7.31. The minimum Gasteiger partial charge on any atom is -0.365 e. The molecule has 2 rings (SSSR count). The summed E-state index contributed by atoms with van der Waals surface area (Å²) in [5.74, 6) is 3.50. The Bertz CT molecular complexity index is 498. The Morgan fingerprint density at radius 2 is 2.47 bits per heavy atom. The van der Waals surface area contributed by atoms with Gasteiger partial charge < -0.3 is 5.32 Å². The predicted octanol–water partition coefficient (Wildman–Crippen LogP) is 2.52. The largest absolute Gasteiger partial charge is 0.365 e. The van der Waals surface area contributed by atoms with Gasteiger partial charge in [0.05, 0.1) is 10.2 Å². The van der Waals surface area contributed by atoms with Crippen molar-refractivity contribution in [2.75, 3.05) is 5.32 Å². The summed E-state index contributed by atoms with van der Waals surface area (Å²) in [6.45, 7) is 2.04. The lowest BCUT2D eigenvalue weighted by Crippen LogP contribution is -2.15. The van der Waals surface area contributed by atoms with E-state index in [1.165, 1.54) is 0 Å². The van der Waals surface area contributed by atoms with Crippen molar-refractivity contribution >= 4 is 27.4 Å². The van der Waals surface area contributed by atoms with Crippen molar-refractivity contribution in [3.63, 3.8) is 0 Å². The summed E-state index contributed by atoms with van der Waals surface area (Å²) in [6, 6.07) is 2.22. The molecule has 1 N–H and O–H groups in total. The van der Waals surface area contributed by atoms with Crippen LogP contribution in [0.15, 0.2) is 17.8 Å². The summed E-state index contributed by atoms with van der Waals surface area (Å²) in [5, 5.41) is 5.30. The Hall–Kier alpha value is -1.60. The zero-order chi connectivity index (χ0) is 10.7. The summed E-state index contributed by atoms with van der Waals surface area (Å²) in [4.78, 5) is 8.40. The average Bonchev–Trinajstić information content (AvgIpc) is 2.67. The Morgan fingerprint density at radius 1 is 1.60 bits per heavy atom. The van der Waals surface area contributed by atoms with Crippen molar-refractivity contribution in [2.45, 2.75) is 19.4 Å². The predicted molar refractivity (Wildman–Crippen MR) is 63.9 cm³/mol. The minimum absolute atomic E-state index is 0.232. The van der Waals surface area contributed by atoms with Crippen LogP contribution in [0.2, 0.25) is 0 Å². The number of fused-ring (bicyclic) bond motifs is 1. The lowest BCUT2D eigenvalue weighted by Gasteiger charge is -2.11. The van der Waals surface area contributed by atoms with Crippen molar-refractivity contribution < 1.29 is 0 Å². The number of hydrogen-bond donors (Lipinski definition) is 1. The first kappa shape index (κ1) is 9.94. The van der Waals surface area contributed by atoms with E-state index in [4.69, 9.17) is 6.42 Å². The Balaban J connectivity index is 2.28. The van der Waals surface area contributed by atoms with Crippen LogP contribution in [-0.2, 0) is 0 Å². The molecule has 0 aliphatic rings. The van der Waals surface area contributed by atoms with Gasteiger partial charge in [0, 0.05) is 12.5 Å². The standard InChI is InChI=1S/C11H11N3S/c1-3-4-8(2)14-11-10-9(5-6-15-10)12-7-13-11/h1,5-8H,4H2,2H3,(H,12,13,14). The van der Waals surface area contributed by atoms with Gasteiger partial charge in [0.1, 0.15) is 12.1 Å². The molecule has 0 radical (unpaired) electrons. The number of hydrogen-bond acceptors (Lipinski definition) is 4. The zero-order valence-electron chi connectivity index (χ0n) is 8.40. The second kappa shape index (κ2) is 4.28. The van der Waals surface area contributed by atoms with Crippen LogP contribution in [0.25, 0.3) is 10.2 Å². The topological polar surface area (TPSA) is 37.8 Å². The van der Waals surface area contributed by atoms with E-state index in [2.05, 4.69) is 21.2 Å². The molecular weight excluding hydrogens is 206 g/mol. The van der Waals surface area contributed by atoms with Crippen molar-refractivity contribution in [1.29, 1.82) is 0 Å². The Morgan fingerprint density at radius 3 is 3.27 bits per heavy atom. The smallest absolute Gasteiger partial charge is 0.147 e. The van der Waals surface area contributed by atoms with Gasteiger partial charge in [-0.3, -0.25) is 0 Å². The molecule has 2 heterocycles. The Labute approximate surface area is 92.6 Å². The molecule has 76 valence electrons. The maximum Gasteiger partial charge on any atom is 0.147 e. The zero-order valence-corrected chi connectivity index (χ0v) is 9.21. The third kappa shape index (κ3) is 2.08. The molecule has 0 saturated heterocycles. The van der Waals surface area contributed by atoms with Crippen LogP contribution in [0.1, 0.15) is 13.3 Å². The van der Waals surface area contributed by atoms with Crippen molar-refractivity contribution in [2.24, 2.45) is 0 Å². The number of nitrogens with one attached hydrogen (secondary N) is 1. The molecule has 0 spiro atoms. The number of aromatic nitrogens is 2. The van der Waals surface area contributed by atoms with Gasteiger partial charge >= 0.3 is 0 Å². The second-order valence-corrected chi connectivity index (χ2v) is 4.23. The van der Waals surface area contributed by atoms with Crippen molar-refractivity contribution in [3.05, 3.63) is 17.8 Å². The molecule has 0 fully saturated rings. The highest BCUT2D eigenvalue weighted by Crippen LogP contribution is 2.25. The highest BCUT2D eigenvalue weighted by atomic mass is 32.1. The van der Waals surface area contributed by atoms with Gasteiger partial charge in [0.25, 0.3) is 0 Å². The molecule has 0 aromatic carbocycles. The van der Waals surface area contributed by atoms with E-state index in [1.54, 1.807) is 17.7 Å². The first-order valence-electron chi connectivity index (χ1n) is 4.69. The fraction of sp³-hybridized carbons (Fsp3) is 0.273. The maximum atomic E-state index is 5.26. The summed E-state index contributed by atoms with van der Waals surface area (Å²) in [7, 11) is 0. The van der Waals surface area contributed by atoms with Gasteiger partial charge in [0.15, 0.2) is 0 Å². The molecule has 0 aliphatic heterocycles. The van der Waals surface area contributed by atoms with Gasteiger partial charge in [0.2, 0.25) is 0 Å². The fourth-order valence-corrected chi connectivity index (χ4v) is 2.15. The van der Waals surface area contributed by atoms with Crippen LogP contribution in [-0.4, -0.2) is 16.0 Å². The van der Waals surface area contributed by atoms with E-state index in [-0.39, 0.29) is 6.04 Å². The van der Waals surface area contributed by atoms with E-state index in [0.29, 0.717) is 6.42 Å². The molecule has 2 aromatic rings. The highest BCUT2D eigenvalue weighted by Gasteiger charge is 2.07. The number of rotatable bonds is 3. The van der Waals surface area contributed by atoms with E-state index in [9.17, 15) is 0 Å². The molecule has 2 aromatic heterocycles. The SMILES string of the molecule is C#CCC(C)Nc1ncnc2ccsc12.